The van der Waals surface area contributed by atoms with E-state index in [-0.39, 0.29) is 28.8 Å². The van der Waals surface area contributed by atoms with E-state index in [0.717, 1.165) is 42.4 Å². The smallest absolute Gasteiger partial charge is 0.184 e. The quantitative estimate of drug-likeness (QED) is 0.341. The van der Waals surface area contributed by atoms with E-state index in [9.17, 15) is 17.6 Å². The molecule has 8 heteroatoms. The van der Waals surface area contributed by atoms with Gasteiger partial charge in [0.05, 0.1) is 11.6 Å². The van der Waals surface area contributed by atoms with Crippen LogP contribution >= 0.6 is 0 Å². The molecule has 2 aromatic heterocycles. The molecule has 2 aromatic carbocycles. The Balaban J connectivity index is 1.36. The van der Waals surface area contributed by atoms with E-state index in [2.05, 4.69) is 19.9 Å². The third-order valence-corrected chi connectivity index (χ3v) is 6.28. The van der Waals surface area contributed by atoms with Gasteiger partial charge in [-0.2, -0.15) is 0 Å². The highest BCUT2D eigenvalue weighted by Gasteiger charge is 2.28. The SMILES string of the molecule is C[C@H](c1nc2c(F)cc(F)c(F)c2[nH]1)N1CCC(c2ccnc3ccc(F)cc23)CC1. The molecule has 1 N–H and O–H groups in total. The minimum Gasteiger partial charge on any atom is -0.338 e. The van der Waals surface area contributed by atoms with Crippen LogP contribution in [0.5, 0.6) is 0 Å². The van der Waals surface area contributed by atoms with E-state index in [0.29, 0.717) is 11.9 Å². The topological polar surface area (TPSA) is 44.8 Å². The van der Waals surface area contributed by atoms with Crippen LogP contribution in [0.25, 0.3) is 21.9 Å². The lowest BCUT2D eigenvalue weighted by Gasteiger charge is -2.35. The van der Waals surface area contributed by atoms with Crippen LogP contribution in [0.15, 0.2) is 36.5 Å². The number of benzene rings is 2. The molecule has 0 amide bonds. The van der Waals surface area contributed by atoms with Crippen molar-refractivity contribution in [3.05, 3.63) is 71.2 Å². The summed E-state index contributed by atoms with van der Waals surface area (Å²) < 4.78 is 55.3. The first kappa shape index (κ1) is 19.9. The number of piperidine rings is 1. The zero-order chi connectivity index (χ0) is 21.7. The molecule has 5 rings (SSSR count). The van der Waals surface area contributed by atoms with Crippen molar-refractivity contribution in [2.24, 2.45) is 0 Å². The summed E-state index contributed by atoms with van der Waals surface area (Å²) in [5.41, 5.74) is 1.41. The summed E-state index contributed by atoms with van der Waals surface area (Å²) in [6.45, 7) is 3.38. The van der Waals surface area contributed by atoms with Crippen LogP contribution in [0.4, 0.5) is 17.6 Å². The minimum atomic E-state index is -1.24. The summed E-state index contributed by atoms with van der Waals surface area (Å²) in [6.07, 6.45) is 3.44. The number of rotatable bonds is 3. The number of pyridine rings is 1. The summed E-state index contributed by atoms with van der Waals surface area (Å²) in [4.78, 5) is 13.4. The molecule has 1 aliphatic rings. The van der Waals surface area contributed by atoms with Crippen molar-refractivity contribution >= 4 is 21.9 Å². The molecule has 0 saturated carbocycles. The number of aromatic nitrogens is 3. The van der Waals surface area contributed by atoms with Gasteiger partial charge in [0.15, 0.2) is 17.5 Å². The second-order valence-corrected chi connectivity index (χ2v) is 8.05. The highest BCUT2D eigenvalue weighted by Crippen LogP contribution is 2.35. The third kappa shape index (κ3) is 3.44. The molecule has 1 saturated heterocycles. The van der Waals surface area contributed by atoms with Crippen LogP contribution in [0.3, 0.4) is 0 Å². The van der Waals surface area contributed by atoms with Crippen molar-refractivity contribution in [2.45, 2.75) is 31.7 Å². The number of imidazole rings is 1. The fourth-order valence-electron chi connectivity index (χ4n) is 4.55. The Bertz CT molecular complexity index is 1280. The molecular weight excluding hydrogens is 408 g/mol. The Morgan fingerprint density at radius 1 is 1.03 bits per heavy atom. The van der Waals surface area contributed by atoms with Gasteiger partial charge < -0.3 is 4.98 Å². The molecule has 160 valence electrons. The maximum absolute atomic E-state index is 14.0. The van der Waals surface area contributed by atoms with Crippen LogP contribution in [0.2, 0.25) is 0 Å². The second-order valence-electron chi connectivity index (χ2n) is 8.05. The maximum Gasteiger partial charge on any atom is 0.184 e. The zero-order valence-corrected chi connectivity index (χ0v) is 16.8. The van der Waals surface area contributed by atoms with Gasteiger partial charge in [0.2, 0.25) is 0 Å². The van der Waals surface area contributed by atoms with Gasteiger partial charge in [-0.3, -0.25) is 9.88 Å². The van der Waals surface area contributed by atoms with Gasteiger partial charge in [-0.05, 0) is 68.6 Å². The first-order valence-electron chi connectivity index (χ1n) is 10.2. The van der Waals surface area contributed by atoms with Crippen LogP contribution in [0.1, 0.15) is 43.1 Å². The zero-order valence-electron chi connectivity index (χ0n) is 16.8. The van der Waals surface area contributed by atoms with E-state index in [1.54, 1.807) is 12.3 Å². The Morgan fingerprint density at radius 3 is 2.58 bits per heavy atom. The fraction of sp³-hybridized carbons (Fsp3) is 0.304. The molecule has 0 aliphatic carbocycles. The van der Waals surface area contributed by atoms with Gasteiger partial charge in [0.1, 0.15) is 22.7 Å². The molecule has 31 heavy (non-hydrogen) atoms. The number of nitrogens with one attached hydrogen (secondary N) is 1. The highest BCUT2D eigenvalue weighted by molar-refractivity contribution is 5.82. The van der Waals surface area contributed by atoms with Crippen LogP contribution in [0, 0.1) is 23.3 Å². The summed E-state index contributed by atoms with van der Waals surface area (Å²) >= 11 is 0. The molecule has 1 aliphatic heterocycles. The number of hydrogen-bond donors (Lipinski definition) is 1. The first-order chi connectivity index (χ1) is 14.9. The normalized spacial score (nSPS) is 16.9. The van der Waals surface area contributed by atoms with Crippen molar-refractivity contribution in [3.8, 4) is 0 Å². The third-order valence-electron chi connectivity index (χ3n) is 6.28. The van der Waals surface area contributed by atoms with E-state index in [4.69, 9.17) is 0 Å². The number of hydrogen-bond acceptors (Lipinski definition) is 3. The van der Waals surface area contributed by atoms with Crippen LogP contribution in [-0.4, -0.2) is 32.9 Å². The Kier molecular flexibility index (Phi) is 4.89. The number of likely N-dealkylation sites (tertiary alicyclic amines) is 1. The lowest BCUT2D eigenvalue weighted by Crippen LogP contribution is -2.35. The molecule has 1 atom stereocenters. The Morgan fingerprint density at radius 2 is 1.81 bits per heavy atom. The number of aromatic amines is 1. The Labute approximate surface area is 175 Å². The Hall–Kier alpha value is -3.00. The van der Waals surface area contributed by atoms with E-state index in [1.807, 2.05) is 13.0 Å². The van der Waals surface area contributed by atoms with Crippen molar-refractivity contribution in [3.63, 3.8) is 0 Å². The monoisotopic (exact) mass is 428 g/mol. The van der Waals surface area contributed by atoms with Gasteiger partial charge in [-0.1, -0.05) is 0 Å². The summed E-state index contributed by atoms with van der Waals surface area (Å²) in [5, 5.41) is 0.833. The molecule has 0 spiro atoms. The minimum absolute atomic E-state index is 0.194. The molecule has 0 bridgehead atoms. The summed E-state index contributed by atoms with van der Waals surface area (Å²) in [5.74, 6) is -2.89. The predicted octanol–water partition coefficient (Wildman–Crippen LogP) is 5.61. The summed E-state index contributed by atoms with van der Waals surface area (Å²) in [7, 11) is 0. The standard InChI is InChI=1S/C23H20F4N4/c1-12(23-29-21-18(26)11-17(25)20(27)22(21)30-23)31-8-5-13(6-9-31)15-4-7-28-19-3-2-14(24)10-16(15)19/h2-4,7,10-13H,5-6,8-9H2,1H3,(H,29,30)/t12-/m1/s1. The van der Waals surface area contributed by atoms with Gasteiger partial charge in [0, 0.05) is 17.6 Å². The number of halogens is 4. The molecular formula is C23H20F4N4. The van der Waals surface area contributed by atoms with E-state index in [1.165, 1.54) is 12.1 Å². The van der Waals surface area contributed by atoms with Crippen LogP contribution in [-0.2, 0) is 0 Å². The molecule has 3 heterocycles. The van der Waals surface area contributed by atoms with Crippen LogP contribution < -0.4 is 0 Å². The highest BCUT2D eigenvalue weighted by atomic mass is 19.2. The average molecular weight is 428 g/mol. The lowest BCUT2D eigenvalue weighted by molar-refractivity contribution is 0.158. The molecule has 0 unspecified atom stereocenters. The molecule has 0 radical (unpaired) electrons. The van der Waals surface area contributed by atoms with Crippen molar-refractivity contribution in [1.29, 1.82) is 0 Å². The number of fused-ring (bicyclic) bond motifs is 2. The lowest BCUT2D eigenvalue weighted by atomic mass is 9.87. The van der Waals surface area contributed by atoms with Crippen molar-refractivity contribution in [2.75, 3.05) is 13.1 Å². The van der Waals surface area contributed by atoms with E-state index < -0.39 is 17.5 Å². The molecule has 4 nitrogen and oxygen atoms in total. The number of H-pyrrole nitrogens is 1. The van der Waals surface area contributed by atoms with Gasteiger partial charge in [-0.15, -0.1) is 0 Å². The predicted molar refractivity (Wildman–Crippen MR) is 110 cm³/mol. The fourth-order valence-corrected chi connectivity index (χ4v) is 4.55. The number of nitrogens with zero attached hydrogens (tertiary/aromatic N) is 3. The van der Waals surface area contributed by atoms with Gasteiger partial charge >= 0.3 is 0 Å². The van der Waals surface area contributed by atoms with Gasteiger partial charge in [0.25, 0.3) is 0 Å². The summed E-state index contributed by atoms with van der Waals surface area (Å²) in [6, 6.07) is 6.87. The average Bonchev–Trinajstić information content (AvgIpc) is 3.23. The van der Waals surface area contributed by atoms with Crippen molar-refractivity contribution < 1.29 is 17.6 Å². The van der Waals surface area contributed by atoms with Crippen molar-refractivity contribution in [1.82, 2.24) is 19.9 Å². The largest absolute Gasteiger partial charge is 0.338 e. The second kappa shape index (κ2) is 7.60. The van der Waals surface area contributed by atoms with E-state index >= 15 is 0 Å². The van der Waals surface area contributed by atoms with Gasteiger partial charge in [-0.25, -0.2) is 22.5 Å². The first-order valence-corrected chi connectivity index (χ1v) is 10.2. The molecule has 1 fully saturated rings. The maximum atomic E-state index is 14.0. The molecule has 4 aromatic rings.